The van der Waals surface area contributed by atoms with Gasteiger partial charge in [0.2, 0.25) is 0 Å². The molecular formula is C13H13N5OS. The van der Waals surface area contributed by atoms with Gasteiger partial charge in [-0.1, -0.05) is 0 Å². The van der Waals surface area contributed by atoms with Gasteiger partial charge in [-0.15, -0.1) is 11.3 Å². The normalized spacial score (nSPS) is 11.0. The predicted octanol–water partition coefficient (Wildman–Crippen LogP) is 1.46. The first-order chi connectivity index (χ1) is 9.74. The van der Waals surface area contributed by atoms with Gasteiger partial charge in [0.1, 0.15) is 0 Å². The van der Waals surface area contributed by atoms with Crippen LogP contribution in [0.2, 0.25) is 0 Å². The van der Waals surface area contributed by atoms with Crippen molar-refractivity contribution < 1.29 is 0 Å². The molecule has 0 saturated carbocycles. The van der Waals surface area contributed by atoms with Crippen LogP contribution in [-0.4, -0.2) is 19.5 Å². The third-order valence-corrected chi connectivity index (χ3v) is 3.72. The summed E-state index contributed by atoms with van der Waals surface area (Å²) < 4.78 is 1.61. The van der Waals surface area contributed by atoms with Crippen LogP contribution < -0.4 is 11.3 Å². The molecule has 0 spiro atoms. The van der Waals surface area contributed by atoms with Crippen molar-refractivity contribution in [2.45, 2.75) is 19.4 Å². The summed E-state index contributed by atoms with van der Waals surface area (Å²) in [4.78, 5) is 24.7. The largest absolute Gasteiger partial charge is 0.375 e. The number of pyridine rings is 1. The molecule has 0 aromatic carbocycles. The minimum Gasteiger partial charge on any atom is -0.375 e. The molecule has 2 N–H and O–H groups in total. The maximum absolute atomic E-state index is 12.2. The number of aromatic nitrogens is 4. The highest BCUT2D eigenvalue weighted by atomic mass is 32.1. The van der Waals surface area contributed by atoms with Crippen LogP contribution in [0.25, 0.3) is 11.0 Å². The van der Waals surface area contributed by atoms with Gasteiger partial charge >= 0.3 is 0 Å². The average Bonchev–Trinajstić information content (AvgIpc) is 2.87. The van der Waals surface area contributed by atoms with Gasteiger partial charge in [-0.2, -0.15) is 0 Å². The zero-order chi connectivity index (χ0) is 13.9. The van der Waals surface area contributed by atoms with Gasteiger partial charge in [-0.05, 0) is 25.0 Å². The summed E-state index contributed by atoms with van der Waals surface area (Å²) in [7, 11) is 0. The Kier molecular flexibility index (Phi) is 3.42. The molecule has 0 atom stereocenters. The second kappa shape index (κ2) is 5.38. The molecular weight excluding hydrogens is 274 g/mol. The van der Waals surface area contributed by atoms with E-state index in [0.717, 1.165) is 18.5 Å². The standard InChI is InChI=1S/C13H13N5OS/c14-13-17-9(7-20-13)3-2-6-18-8-16-11-10(12(18)19)4-1-5-15-11/h1,4-5,7-8H,2-3,6H2,(H2,14,17). The number of rotatable bonds is 4. The molecule has 0 radical (unpaired) electrons. The molecule has 7 heteroatoms. The lowest BCUT2D eigenvalue weighted by Crippen LogP contribution is -2.21. The van der Waals surface area contributed by atoms with E-state index in [1.807, 2.05) is 5.38 Å². The molecule has 3 heterocycles. The Balaban J connectivity index is 1.74. The molecule has 0 amide bonds. The zero-order valence-electron chi connectivity index (χ0n) is 10.7. The molecule has 0 fully saturated rings. The number of nitrogens with two attached hydrogens (primary N) is 1. The van der Waals surface area contributed by atoms with Crippen LogP contribution in [0.15, 0.2) is 34.8 Å². The van der Waals surface area contributed by atoms with Crippen molar-refractivity contribution in [1.82, 2.24) is 19.5 Å². The number of thiazole rings is 1. The van der Waals surface area contributed by atoms with Crippen LogP contribution >= 0.6 is 11.3 Å². The molecule has 102 valence electrons. The van der Waals surface area contributed by atoms with Gasteiger partial charge in [0.05, 0.1) is 17.4 Å². The highest BCUT2D eigenvalue weighted by Crippen LogP contribution is 2.12. The van der Waals surface area contributed by atoms with Crippen molar-refractivity contribution in [1.29, 1.82) is 0 Å². The second-order valence-electron chi connectivity index (χ2n) is 4.40. The Labute approximate surface area is 118 Å². The first-order valence-corrected chi connectivity index (χ1v) is 7.12. The molecule has 0 bridgehead atoms. The monoisotopic (exact) mass is 287 g/mol. The van der Waals surface area contributed by atoms with Gasteiger partial charge in [0.25, 0.3) is 5.56 Å². The molecule has 20 heavy (non-hydrogen) atoms. The molecule has 3 aromatic heterocycles. The van der Waals surface area contributed by atoms with Gasteiger partial charge in [0, 0.05) is 18.1 Å². The number of hydrogen-bond donors (Lipinski definition) is 1. The van der Waals surface area contributed by atoms with Crippen molar-refractivity contribution in [3.63, 3.8) is 0 Å². The summed E-state index contributed by atoms with van der Waals surface area (Å²) >= 11 is 1.43. The molecule has 0 saturated heterocycles. The van der Waals surface area contributed by atoms with Crippen molar-refractivity contribution in [3.05, 3.63) is 46.1 Å². The zero-order valence-corrected chi connectivity index (χ0v) is 11.5. The van der Waals surface area contributed by atoms with Crippen LogP contribution in [0.4, 0.5) is 5.13 Å². The van der Waals surface area contributed by atoms with Crippen molar-refractivity contribution in [3.8, 4) is 0 Å². The summed E-state index contributed by atoms with van der Waals surface area (Å²) in [6.07, 6.45) is 4.79. The molecule has 0 aliphatic heterocycles. The fraction of sp³-hybridized carbons (Fsp3) is 0.231. The quantitative estimate of drug-likeness (QED) is 0.785. The lowest BCUT2D eigenvalue weighted by molar-refractivity contribution is 0.613. The molecule has 3 aromatic rings. The smallest absolute Gasteiger partial charge is 0.262 e. The lowest BCUT2D eigenvalue weighted by Gasteiger charge is -2.05. The van der Waals surface area contributed by atoms with Gasteiger partial charge < -0.3 is 5.73 Å². The number of nitrogen functional groups attached to an aromatic ring is 1. The lowest BCUT2D eigenvalue weighted by atomic mass is 10.2. The minimum atomic E-state index is -0.0547. The minimum absolute atomic E-state index is 0.0547. The Bertz CT molecular complexity index is 795. The Morgan fingerprint density at radius 3 is 3.05 bits per heavy atom. The summed E-state index contributed by atoms with van der Waals surface area (Å²) in [5, 5.41) is 3.07. The van der Waals surface area contributed by atoms with E-state index in [1.165, 1.54) is 11.3 Å². The molecule has 3 rings (SSSR count). The van der Waals surface area contributed by atoms with Crippen molar-refractivity contribution in [2.24, 2.45) is 0 Å². The third kappa shape index (κ3) is 2.53. The summed E-state index contributed by atoms with van der Waals surface area (Å²) in [6, 6.07) is 3.49. The number of aryl methyl sites for hydroxylation is 2. The Hall–Kier alpha value is -2.28. The maximum atomic E-state index is 12.2. The average molecular weight is 287 g/mol. The van der Waals surface area contributed by atoms with Crippen LogP contribution in [0.5, 0.6) is 0 Å². The van der Waals surface area contributed by atoms with E-state index >= 15 is 0 Å². The van der Waals surface area contributed by atoms with Crippen LogP contribution in [0.3, 0.4) is 0 Å². The SMILES string of the molecule is Nc1nc(CCCn2cnc3ncccc3c2=O)cs1. The maximum Gasteiger partial charge on any atom is 0.262 e. The first-order valence-electron chi connectivity index (χ1n) is 6.24. The first kappa shape index (κ1) is 12.7. The Morgan fingerprint density at radius 1 is 1.35 bits per heavy atom. The van der Waals surface area contributed by atoms with Crippen molar-refractivity contribution >= 4 is 27.5 Å². The van der Waals surface area contributed by atoms with E-state index in [1.54, 1.807) is 29.2 Å². The summed E-state index contributed by atoms with van der Waals surface area (Å²) in [5.74, 6) is 0. The van der Waals surface area contributed by atoms with Crippen LogP contribution in [0, 0.1) is 0 Å². The molecule has 0 aliphatic rings. The van der Waals surface area contributed by atoms with E-state index in [9.17, 15) is 4.79 Å². The number of nitrogens with zero attached hydrogens (tertiary/aromatic N) is 4. The van der Waals surface area contributed by atoms with Crippen LogP contribution in [-0.2, 0) is 13.0 Å². The van der Waals surface area contributed by atoms with E-state index in [0.29, 0.717) is 22.7 Å². The number of hydrogen-bond acceptors (Lipinski definition) is 6. The van der Waals surface area contributed by atoms with Gasteiger partial charge in [-0.25, -0.2) is 15.0 Å². The van der Waals surface area contributed by atoms with Gasteiger partial charge in [0.15, 0.2) is 10.8 Å². The topological polar surface area (TPSA) is 86.7 Å². The molecule has 0 aliphatic carbocycles. The summed E-state index contributed by atoms with van der Waals surface area (Å²) in [5.41, 5.74) is 6.98. The van der Waals surface area contributed by atoms with Gasteiger partial charge in [-0.3, -0.25) is 9.36 Å². The van der Waals surface area contributed by atoms with E-state index in [2.05, 4.69) is 15.0 Å². The molecule has 0 unspecified atom stereocenters. The fourth-order valence-corrected chi connectivity index (χ4v) is 2.62. The number of anilines is 1. The second-order valence-corrected chi connectivity index (χ2v) is 5.29. The number of fused-ring (bicyclic) bond motifs is 1. The van der Waals surface area contributed by atoms with E-state index < -0.39 is 0 Å². The van der Waals surface area contributed by atoms with E-state index in [-0.39, 0.29) is 5.56 Å². The fourth-order valence-electron chi connectivity index (χ4n) is 2.03. The summed E-state index contributed by atoms with van der Waals surface area (Å²) in [6.45, 7) is 0.605. The third-order valence-electron chi connectivity index (χ3n) is 3.00. The highest BCUT2D eigenvalue weighted by Gasteiger charge is 2.05. The van der Waals surface area contributed by atoms with Crippen molar-refractivity contribution in [2.75, 3.05) is 5.73 Å². The predicted molar refractivity (Wildman–Crippen MR) is 78.6 cm³/mol. The highest BCUT2D eigenvalue weighted by molar-refractivity contribution is 7.13. The van der Waals surface area contributed by atoms with Crippen LogP contribution in [0.1, 0.15) is 12.1 Å². The van der Waals surface area contributed by atoms with E-state index in [4.69, 9.17) is 5.73 Å². The Morgan fingerprint density at radius 2 is 2.25 bits per heavy atom. The molecule has 6 nitrogen and oxygen atoms in total.